The van der Waals surface area contributed by atoms with Gasteiger partial charge < -0.3 is 20.0 Å². The quantitative estimate of drug-likeness (QED) is 0.853. The van der Waals surface area contributed by atoms with Gasteiger partial charge in [0, 0.05) is 24.3 Å². The average molecular weight is 327 g/mol. The first-order valence-corrected chi connectivity index (χ1v) is 8.15. The van der Waals surface area contributed by atoms with E-state index in [1.165, 1.54) is 0 Å². The molecule has 126 valence electrons. The summed E-state index contributed by atoms with van der Waals surface area (Å²) in [6.45, 7) is 2.29. The largest absolute Gasteiger partial charge is 0.468 e. The number of amides is 2. The van der Waals surface area contributed by atoms with Gasteiger partial charge in [-0.3, -0.25) is 9.59 Å². The summed E-state index contributed by atoms with van der Waals surface area (Å²) in [6, 6.07) is 10.7. The Balaban J connectivity index is 1.51. The Kier molecular flexibility index (Phi) is 5.28. The van der Waals surface area contributed by atoms with Gasteiger partial charge >= 0.3 is 0 Å². The number of benzene rings is 1. The van der Waals surface area contributed by atoms with Crippen molar-refractivity contribution in [1.29, 1.82) is 0 Å². The van der Waals surface area contributed by atoms with E-state index >= 15 is 0 Å². The molecular formula is C18H21N3O3. The number of anilines is 1. The SMILES string of the molecule is O=C(CNCc1ccco1)Nc1cccc(C(=O)N2CCCC2)c1. The molecule has 0 saturated carbocycles. The molecule has 2 heterocycles. The summed E-state index contributed by atoms with van der Waals surface area (Å²) < 4.78 is 5.19. The molecule has 0 aliphatic carbocycles. The third kappa shape index (κ3) is 4.23. The van der Waals surface area contributed by atoms with E-state index in [0.29, 0.717) is 17.8 Å². The molecule has 24 heavy (non-hydrogen) atoms. The van der Waals surface area contributed by atoms with Crippen molar-refractivity contribution in [2.24, 2.45) is 0 Å². The summed E-state index contributed by atoms with van der Waals surface area (Å²) in [7, 11) is 0. The van der Waals surface area contributed by atoms with E-state index in [2.05, 4.69) is 10.6 Å². The third-order valence-corrected chi connectivity index (χ3v) is 3.95. The van der Waals surface area contributed by atoms with Crippen LogP contribution in [-0.2, 0) is 11.3 Å². The fourth-order valence-corrected chi connectivity index (χ4v) is 2.75. The highest BCUT2D eigenvalue weighted by molar-refractivity contribution is 5.97. The molecule has 0 bridgehead atoms. The van der Waals surface area contributed by atoms with E-state index in [1.807, 2.05) is 11.0 Å². The molecule has 2 aromatic rings. The van der Waals surface area contributed by atoms with Crippen LogP contribution in [0.3, 0.4) is 0 Å². The molecule has 0 atom stereocenters. The number of nitrogens with zero attached hydrogens (tertiary/aromatic N) is 1. The Morgan fingerprint density at radius 3 is 2.71 bits per heavy atom. The van der Waals surface area contributed by atoms with E-state index in [1.54, 1.807) is 36.6 Å². The minimum atomic E-state index is -0.160. The van der Waals surface area contributed by atoms with Crippen LogP contribution in [-0.4, -0.2) is 36.3 Å². The zero-order chi connectivity index (χ0) is 16.8. The van der Waals surface area contributed by atoms with E-state index in [4.69, 9.17) is 4.42 Å². The van der Waals surface area contributed by atoms with Crippen molar-refractivity contribution < 1.29 is 14.0 Å². The van der Waals surface area contributed by atoms with Crippen LogP contribution < -0.4 is 10.6 Å². The Morgan fingerprint density at radius 2 is 1.96 bits per heavy atom. The van der Waals surface area contributed by atoms with Gasteiger partial charge in [0.2, 0.25) is 5.91 Å². The maximum Gasteiger partial charge on any atom is 0.253 e. The molecule has 3 rings (SSSR count). The predicted octanol–water partition coefficient (Wildman–Crippen LogP) is 2.24. The Hall–Kier alpha value is -2.60. The molecule has 2 N–H and O–H groups in total. The molecule has 1 aliphatic rings. The molecule has 1 aromatic carbocycles. The van der Waals surface area contributed by atoms with Crippen molar-refractivity contribution in [2.75, 3.05) is 25.0 Å². The van der Waals surface area contributed by atoms with Crippen LogP contribution in [0, 0.1) is 0 Å². The highest BCUT2D eigenvalue weighted by Crippen LogP contribution is 2.16. The number of nitrogens with one attached hydrogen (secondary N) is 2. The van der Waals surface area contributed by atoms with Crippen LogP contribution >= 0.6 is 0 Å². The highest BCUT2D eigenvalue weighted by atomic mass is 16.3. The minimum absolute atomic E-state index is 0.0274. The minimum Gasteiger partial charge on any atom is -0.468 e. The van der Waals surface area contributed by atoms with Gasteiger partial charge in [-0.2, -0.15) is 0 Å². The van der Waals surface area contributed by atoms with Crippen LogP contribution in [0.1, 0.15) is 29.0 Å². The van der Waals surface area contributed by atoms with Crippen molar-refractivity contribution >= 4 is 17.5 Å². The second-order valence-corrected chi connectivity index (χ2v) is 5.81. The molecule has 1 fully saturated rings. The summed E-state index contributed by atoms with van der Waals surface area (Å²) in [5, 5.41) is 5.81. The van der Waals surface area contributed by atoms with E-state index in [9.17, 15) is 9.59 Å². The van der Waals surface area contributed by atoms with Crippen molar-refractivity contribution in [3.05, 3.63) is 54.0 Å². The van der Waals surface area contributed by atoms with Gasteiger partial charge in [-0.15, -0.1) is 0 Å². The standard InChI is InChI=1S/C18H21N3O3/c22-17(13-19-12-16-7-4-10-24-16)20-15-6-3-5-14(11-15)18(23)21-8-1-2-9-21/h3-7,10-11,19H,1-2,8-9,12-13H2,(H,20,22). The van der Waals surface area contributed by atoms with Crippen molar-refractivity contribution in [3.63, 3.8) is 0 Å². The first-order chi connectivity index (χ1) is 11.7. The molecule has 0 unspecified atom stereocenters. The molecule has 6 heteroatoms. The van der Waals surface area contributed by atoms with Crippen molar-refractivity contribution in [2.45, 2.75) is 19.4 Å². The van der Waals surface area contributed by atoms with E-state index in [-0.39, 0.29) is 18.4 Å². The summed E-state index contributed by atoms with van der Waals surface area (Å²) in [4.78, 5) is 26.2. The Labute approximate surface area is 140 Å². The van der Waals surface area contributed by atoms with Crippen LogP contribution in [0.4, 0.5) is 5.69 Å². The molecule has 6 nitrogen and oxygen atoms in total. The second-order valence-electron chi connectivity index (χ2n) is 5.81. The number of likely N-dealkylation sites (tertiary alicyclic amines) is 1. The molecular weight excluding hydrogens is 306 g/mol. The zero-order valence-electron chi connectivity index (χ0n) is 13.5. The number of hydrogen-bond acceptors (Lipinski definition) is 4. The fourth-order valence-electron chi connectivity index (χ4n) is 2.75. The number of hydrogen-bond donors (Lipinski definition) is 2. The molecule has 0 spiro atoms. The highest BCUT2D eigenvalue weighted by Gasteiger charge is 2.19. The zero-order valence-corrected chi connectivity index (χ0v) is 13.5. The monoisotopic (exact) mass is 327 g/mol. The molecule has 0 radical (unpaired) electrons. The molecule has 1 aliphatic heterocycles. The van der Waals surface area contributed by atoms with Gasteiger partial charge in [-0.25, -0.2) is 0 Å². The van der Waals surface area contributed by atoms with Gasteiger partial charge in [0.15, 0.2) is 0 Å². The topological polar surface area (TPSA) is 74.6 Å². The third-order valence-electron chi connectivity index (χ3n) is 3.95. The van der Waals surface area contributed by atoms with E-state index in [0.717, 1.165) is 31.7 Å². The lowest BCUT2D eigenvalue weighted by atomic mass is 10.1. The van der Waals surface area contributed by atoms with E-state index < -0.39 is 0 Å². The summed E-state index contributed by atoms with van der Waals surface area (Å²) in [5.74, 6) is 0.646. The van der Waals surface area contributed by atoms with Crippen LogP contribution in [0.5, 0.6) is 0 Å². The molecule has 2 amide bonds. The smallest absolute Gasteiger partial charge is 0.253 e. The second kappa shape index (κ2) is 7.79. The fraction of sp³-hybridized carbons (Fsp3) is 0.333. The van der Waals surface area contributed by atoms with Crippen molar-refractivity contribution in [3.8, 4) is 0 Å². The maximum atomic E-state index is 12.4. The molecule has 1 saturated heterocycles. The lowest BCUT2D eigenvalue weighted by Gasteiger charge is -2.15. The summed E-state index contributed by atoms with van der Waals surface area (Å²) >= 11 is 0. The number of furan rings is 1. The number of carbonyl (C=O) groups excluding carboxylic acids is 2. The summed E-state index contributed by atoms with van der Waals surface area (Å²) in [6.07, 6.45) is 3.72. The van der Waals surface area contributed by atoms with Crippen molar-refractivity contribution in [1.82, 2.24) is 10.2 Å². The number of carbonyl (C=O) groups is 2. The lowest BCUT2D eigenvalue weighted by Crippen LogP contribution is -2.29. The number of rotatable bonds is 6. The van der Waals surface area contributed by atoms with Crippen LogP contribution in [0.2, 0.25) is 0 Å². The summed E-state index contributed by atoms with van der Waals surface area (Å²) in [5.41, 5.74) is 1.24. The van der Waals surface area contributed by atoms with Gasteiger partial charge in [-0.05, 0) is 43.2 Å². The van der Waals surface area contributed by atoms with Crippen LogP contribution in [0.25, 0.3) is 0 Å². The Bertz CT molecular complexity index is 691. The van der Waals surface area contributed by atoms with Gasteiger partial charge in [0.25, 0.3) is 5.91 Å². The van der Waals surface area contributed by atoms with Gasteiger partial charge in [0.05, 0.1) is 19.4 Å². The lowest BCUT2D eigenvalue weighted by molar-refractivity contribution is -0.115. The average Bonchev–Trinajstić information content (AvgIpc) is 3.28. The predicted molar refractivity (Wildman–Crippen MR) is 90.6 cm³/mol. The van der Waals surface area contributed by atoms with Gasteiger partial charge in [0.1, 0.15) is 5.76 Å². The normalized spacial score (nSPS) is 13.9. The first kappa shape index (κ1) is 16.3. The molecule has 1 aromatic heterocycles. The maximum absolute atomic E-state index is 12.4. The van der Waals surface area contributed by atoms with Gasteiger partial charge in [-0.1, -0.05) is 6.07 Å². The first-order valence-electron chi connectivity index (χ1n) is 8.15. The Morgan fingerprint density at radius 1 is 1.12 bits per heavy atom. The van der Waals surface area contributed by atoms with Crippen LogP contribution in [0.15, 0.2) is 47.1 Å².